The topological polar surface area (TPSA) is 89.9 Å². The van der Waals surface area contributed by atoms with Crippen molar-refractivity contribution in [2.75, 3.05) is 13.1 Å². The third-order valence-electron chi connectivity index (χ3n) is 5.41. The van der Waals surface area contributed by atoms with Gasteiger partial charge in [0.2, 0.25) is 5.82 Å². The van der Waals surface area contributed by atoms with E-state index < -0.39 is 11.6 Å². The summed E-state index contributed by atoms with van der Waals surface area (Å²) in [7, 11) is 0. The first kappa shape index (κ1) is 20.0. The van der Waals surface area contributed by atoms with E-state index in [9.17, 15) is 13.6 Å². The van der Waals surface area contributed by atoms with Gasteiger partial charge in [0.1, 0.15) is 0 Å². The molecule has 1 aliphatic heterocycles. The smallest absolute Gasteiger partial charge is 0.280 e. The third-order valence-corrected chi connectivity index (χ3v) is 5.41. The highest BCUT2D eigenvalue weighted by Gasteiger charge is 2.27. The van der Waals surface area contributed by atoms with Crippen molar-refractivity contribution in [3.63, 3.8) is 0 Å². The second kappa shape index (κ2) is 8.29. The summed E-state index contributed by atoms with van der Waals surface area (Å²) in [6.07, 6.45) is 3.25. The van der Waals surface area contributed by atoms with Crippen LogP contribution in [-0.2, 0) is 0 Å². The van der Waals surface area contributed by atoms with Gasteiger partial charge in [-0.15, -0.1) is 5.10 Å². The van der Waals surface area contributed by atoms with Gasteiger partial charge in [-0.05, 0) is 31.0 Å². The number of hydrogen-bond acceptors (Lipinski definition) is 6. The SMILES string of the molecule is O=C(c1ccc(F)c(F)c1)N1CCCC(n2cc(-c3nc(-c4ccccc4)no3)nn2)C1. The quantitative estimate of drug-likeness (QED) is 0.484. The summed E-state index contributed by atoms with van der Waals surface area (Å²) in [4.78, 5) is 18.8. The largest absolute Gasteiger partial charge is 0.336 e. The van der Waals surface area contributed by atoms with Gasteiger partial charge in [-0.25, -0.2) is 13.5 Å². The van der Waals surface area contributed by atoms with Crippen molar-refractivity contribution in [2.45, 2.75) is 18.9 Å². The van der Waals surface area contributed by atoms with Crippen molar-refractivity contribution in [2.24, 2.45) is 0 Å². The molecule has 162 valence electrons. The Balaban J connectivity index is 1.31. The van der Waals surface area contributed by atoms with E-state index in [2.05, 4.69) is 20.5 Å². The summed E-state index contributed by atoms with van der Waals surface area (Å²) < 4.78 is 33.7. The molecule has 0 spiro atoms. The van der Waals surface area contributed by atoms with Gasteiger partial charge in [0.25, 0.3) is 11.8 Å². The van der Waals surface area contributed by atoms with Gasteiger partial charge in [-0.1, -0.05) is 40.7 Å². The van der Waals surface area contributed by atoms with Crippen LogP contribution in [0.2, 0.25) is 0 Å². The van der Waals surface area contributed by atoms with E-state index in [1.807, 2.05) is 30.3 Å². The normalized spacial score (nSPS) is 16.3. The number of benzene rings is 2. The maximum Gasteiger partial charge on any atom is 0.280 e. The molecule has 1 aliphatic rings. The van der Waals surface area contributed by atoms with E-state index in [4.69, 9.17) is 4.52 Å². The molecule has 1 fully saturated rings. The minimum atomic E-state index is -1.04. The lowest BCUT2D eigenvalue weighted by Crippen LogP contribution is -2.40. The van der Waals surface area contributed by atoms with Crippen molar-refractivity contribution >= 4 is 5.91 Å². The predicted molar refractivity (Wildman–Crippen MR) is 109 cm³/mol. The van der Waals surface area contributed by atoms with E-state index >= 15 is 0 Å². The zero-order valence-corrected chi connectivity index (χ0v) is 16.9. The van der Waals surface area contributed by atoms with Gasteiger partial charge in [0.15, 0.2) is 17.3 Å². The van der Waals surface area contributed by atoms with Gasteiger partial charge in [0.05, 0.1) is 12.2 Å². The fraction of sp³-hybridized carbons (Fsp3) is 0.227. The monoisotopic (exact) mass is 436 g/mol. The molecule has 0 aliphatic carbocycles. The molecule has 32 heavy (non-hydrogen) atoms. The van der Waals surface area contributed by atoms with Gasteiger partial charge in [-0.2, -0.15) is 4.98 Å². The number of piperidine rings is 1. The van der Waals surface area contributed by atoms with Crippen LogP contribution in [0.1, 0.15) is 29.2 Å². The van der Waals surface area contributed by atoms with Gasteiger partial charge >= 0.3 is 0 Å². The van der Waals surface area contributed by atoms with Crippen LogP contribution in [0.3, 0.4) is 0 Å². The molecular formula is C22H18F2N6O2. The molecule has 1 unspecified atom stereocenters. The minimum Gasteiger partial charge on any atom is -0.336 e. The van der Waals surface area contributed by atoms with Crippen LogP contribution in [0.15, 0.2) is 59.3 Å². The van der Waals surface area contributed by atoms with Crippen LogP contribution in [-0.4, -0.2) is 49.0 Å². The summed E-state index contributed by atoms with van der Waals surface area (Å²) in [5.74, 6) is -1.67. The van der Waals surface area contributed by atoms with E-state index in [1.165, 1.54) is 6.07 Å². The minimum absolute atomic E-state index is 0.114. The van der Waals surface area contributed by atoms with Gasteiger partial charge < -0.3 is 9.42 Å². The van der Waals surface area contributed by atoms with Crippen LogP contribution in [0.5, 0.6) is 0 Å². The number of aromatic nitrogens is 5. The highest BCUT2D eigenvalue weighted by molar-refractivity contribution is 5.94. The Morgan fingerprint density at radius 1 is 1.09 bits per heavy atom. The van der Waals surface area contributed by atoms with E-state index in [-0.39, 0.29) is 23.4 Å². The van der Waals surface area contributed by atoms with Crippen molar-refractivity contribution in [1.29, 1.82) is 0 Å². The van der Waals surface area contributed by atoms with E-state index in [0.717, 1.165) is 30.5 Å². The summed E-state index contributed by atoms with van der Waals surface area (Å²) in [6, 6.07) is 12.5. The first-order chi connectivity index (χ1) is 15.6. The van der Waals surface area contributed by atoms with Crippen molar-refractivity contribution in [3.05, 3.63) is 71.9 Å². The molecule has 0 N–H and O–H groups in total. The first-order valence-electron chi connectivity index (χ1n) is 10.1. The number of carbonyl (C=O) groups excluding carboxylic acids is 1. The Labute approximate surface area is 181 Å². The molecule has 2 aromatic carbocycles. The average Bonchev–Trinajstić information content (AvgIpc) is 3.51. The molecule has 8 nitrogen and oxygen atoms in total. The molecule has 4 aromatic rings. The predicted octanol–water partition coefficient (Wildman–Crippen LogP) is 3.75. The number of likely N-dealkylation sites (tertiary alicyclic amines) is 1. The van der Waals surface area contributed by atoms with Crippen LogP contribution < -0.4 is 0 Å². The summed E-state index contributed by atoms with van der Waals surface area (Å²) in [5, 5.41) is 12.3. The lowest BCUT2D eigenvalue weighted by atomic mass is 10.0. The highest BCUT2D eigenvalue weighted by atomic mass is 19.2. The third kappa shape index (κ3) is 3.86. The maximum absolute atomic E-state index is 13.5. The van der Waals surface area contributed by atoms with Gasteiger partial charge in [-0.3, -0.25) is 4.79 Å². The molecule has 0 bridgehead atoms. The van der Waals surface area contributed by atoms with Gasteiger partial charge in [0, 0.05) is 24.2 Å². The molecule has 1 amide bonds. The molecule has 10 heteroatoms. The molecule has 0 radical (unpaired) electrons. The second-order valence-electron chi connectivity index (χ2n) is 7.55. The average molecular weight is 436 g/mol. The van der Waals surface area contributed by atoms with Crippen molar-refractivity contribution in [3.8, 4) is 23.0 Å². The first-order valence-corrected chi connectivity index (χ1v) is 10.1. The maximum atomic E-state index is 13.5. The Kier molecular flexibility index (Phi) is 5.18. The number of nitrogens with zero attached hydrogens (tertiary/aromatic N) is 6. The fourth-order valence-corrected chi connectivity index (χ4v) is 3.75. The van der Waals surface area contributed by atoms with Crippen molar-refractivity contribution in [1.82, 2.24) is 30.0 Å². The number of amides is 1. The molecule has 1 saturated heterocycles. The zero-order valence-electron chi connectivity index (χ0n) is 16.9. The van der Waals surface area contributed by atoms with Crippen molar-refractivity contribution < 1.29 is 18.1 Å². The Morgan fingerprint density at radius 2 is 1.94 bits per heavy atom. The number of carbonyl (C=O) groups is 1. The van der Waals surface area contributed by atoms with Crippen LogP contribution in [0, 0.1) is 11.6 Å². The molecule has 1 atom stereocenters. The molecule has 3 heterocycles. The zero-order chi connectivity index (χ0) is 22.1. The highest BCUT2D eigenvalue weighted by Crippen LogP contribution is 2.25. The molecule has 5 rings (SSSR count). The second-order valence-corrected chi connectivity index (χ2v) is 7.55. The number of hydrogen-bond donors (Lipinski definition) is 0. The van der Waals surface area contributed by atoms with Crippen LogP contribution in [0.25, 0.3) is 23.0 Å². The summed E-state index contributed by atoms with van der Waals surface area (Å²) in [5.41, 5.74) is 1.38. The summed E-state index contributed by atoms with van der Waals surface area (Å²) >= 11 is 0. The summed E-state index contributed by atoms with van der Waals surface area (Å²) in [6.45, 7) is 0.902. The Morgan fingerprint density at radius 3 is 2.75 bits per heavy atom. The van der Waals surface area contributed by atoms with E-state index in [1.54, 1.807) is 15.8 Å². The van der Waals surface area contributed by atoms with E-state index in [0.29, 0.717) is 24.6 Å². The lowest BCUT2D eigenvalue weighted by molar-refractivity contribution is 0.0671. The standard InChI is InChI=1S/C22H18F2N6O2/c23-17-9-8-15(11-18(17)24)22(31)29-10-4-7-16(12-29)30-13-19(26-28-30)21-25-20(27-32-21)14-5-2-1-3-6-14/h1-3,5-6,8-9,11,13,16H,4,7,10,12H2. The number of rotatable bonds is 4. The van der Waals surface area contributed by atoms with Crippen LogP contribution >= 0.6 is 0 Å². The fourth-order valence-electron chi connectivity index (χ4n) is 3.75. The number of halogens is 2. The molecule has 2 aromatic heterocycles. The Hall–Kier alpha value is -3.95. The Bertz CT molecular complexity index is 1260. The van der Waals surface area contributed by atoms with Crippen LogP contribution in [0.4, 0.5) is 8.78 Å². The lowest BCUT2D eigenvalue weighted by Gasteiger charge is -2.32. The molecular weight excluding hydrogens is 418 g/mol. The molecule has 0 saturated carbocycles.